The van der Waals surface area contributed by atoms with Crippen LogP contribution >= 0.6 is 0 Å². The van der Waals surface area contributed by atoms with E-state index < -0.39 is 0 Å². The van der Waals surface area contributed by atoms with Crippen LogP contribution in [0.4, 0.5) is 5.69 Å². The summed E-state index contributed by atoms with van der Waals surface area (Å²) in [6, 6.07) is 7.34. The predicted molar refractivity (Wildman–Crippen MR) is 66.3 cm³/mol. The summed E-state index contributed by atoms with van der Waals surface area (Å²) in [4.78, 5) is 11.9. The standard InChI is InChI=1S/C13H18N2O2/c1-3-13(2)8-12(17)15(14-13)11-6-4-10(9-16)5-7-11/h4-7,14,16H,3,8-9H2,1-2H3. The average molecular weight is 234 g/mol. The normalized spacial score (nSPS) is 24.4. The molecular formula is C13H18N2O2. The highest BCUT2D eigenvalue weighted by molar-refractivity contribution is 5.95. The third-order valence-corrected chi connectivity index (χ3v) is 3.33. The molecule has 17 heavy (non-hydrogen) atoms. The third-order valence-electron chi connectivity index (χ3n) is 3.33. The summed E-state index contributed by atoms with van der Waals surface area (Å²) in [5, 5.41) is 10.6. The predicted octanol–water partition coefficient (Wildman–Crippen LogP) is 1.59. The number of hydrazine groups is 1. The van der Waals surface area contributed by atoms with Crippen LogP contribution in [0.1, 0.15) is 32.3 Å². The van der Waals surface area contributed by atoms with E-state index in [2.05, 4.69) is 12.3 Å². The van der Waals surface area contributed by atoms with Crippen molar-refractivity contribution in [3.63, 3.8) is 0 Å². The molecule has 1 aromatic rings. The topological polar surface area (TPSA) is 52.6 Å². The molecule has 0 aromatic heterocycles. The lowest BCUT2D eigenvalue weighted by atomic mass is 9.97. The Kier molecular flexibility index (Phi) is 3.17. The van der Waals surface area contributed by atoms with Gasteiger partial charge in [0.05, 0.1) is 12.3 Å². The Balaban J connectivity index is 2.20. The maximum Gasteiger partial charge on any atom is 0.243 e. The molecule has 1 heterocycles. The van der Waals surface area contributed by atoms with Crippen molar-refractivity contribution in [3.8, 4) is 0 Å². The van der Waals surface area contributed by atoms with Crippen molar-refractivity contribution in [1.29, 1.82) is 0 Å². The molecule has 92 valence electrons. The largest absolute Gasteiger partial charge is 0.392 e. The number of carbonyl (C=O) groups is 1. The fraction of sp³-hybridized carbons (Fsp3) is 0.462. The van der Waals surface area contributed by atoms with E-state index in [1.165, 1.54) is 0 Å². The molecular weight excluding hydrogens is 216 g/mol. The van der Waals surface area contributed by atoms with Gasteiger partial charge < -0.3 is 5.11 Å². The molecule has 0 saturated carbocycles. The fourth-order valence-electron chi connectivity index (χ4n) is 1.95. The highest BCUT2D eigenvalue weighted by Crippen LogP contribution is 2.27. The maximum absolute atomic E-state index is 11.9. The van der Waals surface area contributed by atoms with E-state index in [1.807, 2.05) is 31.2 Å². The van der Waals surface area contributed by atoms with Gasteiger partial charge in [0.1, 0.15) is 0 Å². The molecule has 0 aliphatic carbocycles. The van der Waals surface area contributed by atoms with Crippen LogP contribution in [0.25, 0.3) is 0 Å². The van der Waals surface area contributed by atoms with E-state index in [4.69, 9.17) is 5.11 Å². The van der Waals surface area contributed by atoms with Gasteiger partial charge in [0, 0.05) is 12.0 Å². The molecule has 1 aliphatic rings. The molecule has 4 nitrogen and oxygen atoms in total. The number of hydrogen-bond donors (Lipinski definition) is 2. The van der Waals surface area contributed by atoms with Gasteiger partial charge in [-0.1, -0.05) is 19.1 Å². The van der Waals surface area contributed by atoms with E-state index >= 15 is 0 Å². The zero-order valence-electron chi connectivity index (χ0n) is 10.2. The van der Waals surface area contributed by atoms with Crippen LogP contribution in [0, 0.1) is 0 Å². The monoisotopic (exact) mass is 234 g/mol. The van der Waals surface area contributed by atoms with Crippen molar-refractivity contribution in [2.24, 2.45) is 0 Å². The summed E-state index contributed by atoms with van der Waals surface area (Å²) >= 11 is 0. The Hall–Kier alpha value is -1.39. The van der Waals surface area contributed by atoms with Crippen LogP contribution in [0.5, 0.6) is 0 Å². The first kappa shape index (κ1) is 12.1. The van der Waals surface area contributed by atoms with Crippen molar-refractivity contribution in [1.82, 2.24) is 5.43 Å². The molecule has 2 N–H and O–H groups in total. The zero-order valence-corrected chi connectivity index (χ0v) is 10.2. The Morgan fingerprint density at radius 1 is 1.41 bits per heavy atom. The second kappa shape index (κ2) is 4.47. The molecule has 1 fully saturated rings. The first-order valence-electron chi connectivity index (χ1n) is 5.88. The molecule has 1 aliphatic heterocycles. The number of rotatable bonds is 3. The molecule has 1 aromatic carbocycles. The summed E-state index contributed by atoms with van der Waals surface area (Å²) in [5.74, 6) is 0.0890. The van der Waals surface area contributed by atoms with Gasteiger partial charge in [-0.2, -0.15) is 0 Å². The first-order valence-corrected chi connectivity index (χ1v) is 5.88. The molecule has 1 amide bonds. The number of anilines is 1. The number of aliphatic hydroxyl groups excluding tert-OH is 1. The summed E-state index contributed by atoms with van der Waals surface area (Å²) < 4.78 is 0. The van der Waals surface area contributed by atoms with Crippen molar-refractivity contribution in [2.45, 2.75) is 38.8 Å². The van der Waals surface area contributed by atoms with Gasteiger partial charge in [-0.05, 0) is 31.0 Å². The van der Waals surface area contributed by atoms with Gasteiger partial charge in [-0.25, -0.2) is 10.4 Å². The Bertz CT molecular complexity index is 416. The molecule has 2 rings (SSSR count). The summed E-state index contributed by atoms with van der Waals surface area (Å²) in [5.41, 5.74) is 4.77. The molecule has 1 unspecified atom stereocenters. The summed E-state index contributed by atoms with van der Waals surface area (Å²) in [6.07, 6.45) is 1.43. The first-order chi connectivity index (χ1) is 8.08. The highest BCUT2D eigenvalue weighted by Gasteiger charge is 2.38. The number of carbonyl (C=O) groups excluding carboxylic acids is 1. The fourth-order valence-corrected chi connectivity index (χ4v) is 1.95. The zero-order chi connectivity index (χ0) is 12.5. The van der Waals surface area contributed by atoms with Gasteiger partial charge in [0.15, 0.2) is 0 Å². The van der Waals surface area contributed by atoms with Gasteiger partial charge in [0.2, 0.25) is 5.91 Å². The van der Waals surface area contributed by atoms with Crippen molar-refractivity contribution >= 4 is 11.6 Å². The smallest absolute Gasteiger partial charge is 0.243 e. The minimum Gasteiger partial charge on any atom is -0.392 e. The minimum atomic E-state index is -0.146. The number of nitrogens with one attached hydrogen (secondary N) is 1. The highest BCUT2D eigenvalue weighted by atomic mass is 16.3. The summed E-state index contributed by atoms with van der Waals surface area (Å²) in [7, 11) is 0. The van der Waals surface area contributed by atoms with Crippen LogP contribution in [0.3, 0.4) is 0 Å². The van der Waals surface area contributed by atoms with E-state index in [-0.39, 0.29) is 18.1 Å². The molecule has 1 saturated heterocycles. The van der Waals surface area contributed by atoms with Crippen molar-refractivity contribution in [2.75, 3.05) is 5.01 Å². The second-order valence-electron chi connectivity index (χ2n) is 4.76. The van der Waals surface area contributed by atoms with Crippen molar-refractivity contribution in [3.05, 3.63) is 29.8 Å². The van der Waals surface area contributed by atoms with Crippen LogP contribution in [-0.2, 0) is 11.4 Å². The minimum absolute atomic E-state index is 0.0222. The third kappa shape index (κ3) is 2.33. The van der Waals surface area contributed by atoms with E-state index in [0.717, 1.165) is 17.7 Å². The van der Waals surface area contributed by atoms with E-state index in [9.17, 15) is 4.79 Å². The van der Waals surface area contributed by atoms with Crippen LogP contribution < -0.4 is 10.4 Å². The molecule has 0 bridgehead atoms. The lowest BCUT2D eigenvalue weighted by Gasteiger charge is -2.24. The van der Waals surface area contributed by atoms with Gasteiger partial charge in [0.25, 0.3) is 0 Å². The number of hydrogen-bond acceptors (Lipinski definition) is 3. The molecule has 0 radical (unpaired) electrons. The van der Waals surface area contributed by atoms with Crippen LogP contribution in [-0.4, -0.2) is 16.6 Å². The molecule has 4 heteroatoms. The van der Waals surface area contributed by atoms with Gasteiger partial charge >= 0.3 is 0 Å². The maximum atomic E-state index is 11.9. The Morgan fingerprint density at radius 2 is 2.06 bits per heavy atom. The molecule has 1 atom stereocenters. The van der Waals surface area contributed by atoms with Gasteiger partial charge in [-0.3, -0.25) is 4.79 Å². The lowest BCUT2D eigenvalue weighted by Crippen LogP contribution is -2.44. The Labute approximate surface area is 101 Å². The van der Waals surface area contributed by atoms with Crippen LogP contribution in [0.2, 0.25) is 0 Å². The van der Waals surface area contributed by atoms with E-state index in [0.29, 0.717) is 6.42 Å². The van der Waals surface area contributed by atoms with E-state index in [1.54, 1.807) is 5.01 Å². The summed E-state index contributed by atoms with van der Waals surface area (Å²) in [6.45, 7) is 4.14. The average Bonchev–Trinajstić information content (AvgIpc) is 2.66. The second-order valence-corrected chi connectivity index (χ2v) is 4.76. The van der Waals surface area contributed by atoms with Crippen LogP contribution in [0.15, 0.2) is 24.3 Å². The quantitative estimate of drug-likeness (QED) is 0.835. The number of aliphatic hydroxyl groups is 1. The SMILES string of the molecule is CCC1(C)CC(=O)N(c2ccc(CO)cc2)N1. The number of benzene rings is 1. The number of amides is 1. The van der Waals surface area contributed by atoms with Crippen molar-refractivity contribution < 1.29 is 9.90 Å². The van der Waals surface area contributed by atoms with Gasteiger partial charge in [-0.15, -0.1) is 0 Å². The molecule has 0 spiro atoms. The Morgan fingerprint density at radius 3 is 2.53 bits per heavy atom. The number of nitrogens with zero attached hydrogens (tertiary/aromatic N) is 1. The lowest BCUT2D eigenvalue weighted by molar-refractivity contribution is -0.117.